The second-order valence-corrected chi connectivity index (χ2v) is 3.35. The van der Waals surface area contributed by atoms with Crippen molar-refractivity contribution in [1.82, 2.24) is 24.8 Å². The Morgan fingerprint density at radius 2 is 2.27 bits per heavy atom. The maximum atomic E-state index is 8.69. The van der Waals surface area contributed by atoms with Gasteiger partial charge in [0, 0.05) is 13.7 Å². The number of nitrogens with zero attached hydrogens (tertiary/aromatic N) is 5. The van der Waals surface area contributed by atoms with Crippen molar-refractivity contribution in [2.75, 3.05) is 6.61 Å². The van der Waals surface area contributed by atoms with Crippen LogP contribution in [0.2, 0.25) is 0 Å². The molecule has 0 saturated heterocycles. The molecular weight excluding hydrogens is 194 g/mol. The van der Waals surface area contributed by atoms with E-state index in [1.807, 2.05) is 19.4 Å². The zero-order valence-corrected chi connectivity index (χ0v) is 8.54. The molecule has 0 amide bonds. The van der Waals surface area contributed by atoms with Crippen LogP contribution in [0, 0.1) is 0 Å². The van der Waals surface area contributed by atoms with Gasteiger partial charge in [-0.05, 0) is 12.8 Å². The van der Waals surface area contributed by atoms with Crippen LogP contribution in [-0.2, 0) is 13.5 Å². The molecule has 6 nitrogen and oxygen atoms in total. The average Bonchev–Trinajstić information content (AvgIpc) is 2.83. The molecule has 6 heteroatoms. The standard InChI is InChI=1S/C9H13N5O/c1-13-7-9(5-10-13)14-6-8(11-12-14)3-2-4-15/h5-7,15H,2-4H2,1H3. The van der Waals surface area contributed by atoms with Gasteiger partial charge in [-0.1, -0.05) is 5.21 Å². The molecule has 2 heterocycles. The van der Waals surface area contributed by atoms with E-state index in [-0.39, 0.29) is 6.61 Å². The highest BCUT2D eigenvalue weighted by Crippen LogP contribution is 2.05. The molecule has 15 heavy (non-hydrogen) atoms. The molecule has 0 aliphatic heterocycles. The van der Waals surface area contributed by atoms with Gasteiger partial charge < -0.3 is 5.11 Å². The summed E-state index contributed by atoms with van der Waals surface area (Å²) in [6.07, 6.45) is 6.91. The highest BCUT2D eigenvalue weighted by molar-refractivity contribution is 5.23. The lowest BCUT2D eigenvalue weighted by Crippen LogP contribution is -1.92. The molecule has 2 rings (SSSR count). The lowest BCUT2D eigenvalue weighted by atomic mass is 10.3. The molecule has 0 saturated carbocycles. The number of hydrogen-bond acceptors (Lipinski definition) is 4. The van der Waals surface area contributed by atoms with Crippen LogP contribution in [-0.4, -0.2) is 36.5 Å². The maximum absolute atomic E-state index is 8.69. The van der Waals surface area contributed by atoms with Gasteiger partial charge in [-0.2, -0.15) is 5.10 Å². The predicted octanol–water partition coefficient (Wildman–Crippen LogP) is -0.0743. The molecule has 0 atom stereocenters. The first-order valence-electron chi connectivity index (χ1n) is 4.80. The third-order valence-electron chi connectivity index (χ3n) is 2.09. The smallest absolute Gasteiger partial charge is 0.104 e. The van der Waals surface area contributed by atoms with Gasteiger partial charge in [0.25, 0.3) is 0 Å². The summed E-state index contributed by atoms with van der Waals surface area (Å²) in [6, 6.07) is 0. The van der Waals surface area contributed by atoms with E-state index in [4.69, 9.17) is 5.11 Å². The highest BCUT2D eigenvalue weighted by Gasteiger charge is 2.03. The van der Waals surface area contributed by atoms with Crippen LogP contribution in [0.1, 0.15) is 12.1 Å². The number of aromatic nitrogens is 5. The van der Waals surface area contributed by atoms with Crippen molar-refractivity contribution in [1.29, 1.82) is 0 Å². The van der Waals surface area contributed by atoms with Crippen molar-refractivity contribution in [3.63, 3.8) is 0 Å². The summed E-state index contributed by atoms with van der Waals surface area (Å²) < 4.78 is 3.39. The Kier molecular flexibility index (Phi) is 2.77. The summed E-state index contributed by atoms with van der Waals surface area (Å²) in [4.78, 5) is 0. The summed E-state index contributed by atoms with van der Waals surface area (Å²) in [7, 11) is 1.85. The van der Waals surface area contributed by atoms with Crippen molar-refractivity contribution in [2.45, 2.75) is 12.8 Å². The molecule has 0 radical (unpaired) electrons. The van der Waals surface area contributed by atoms with Crippen LogP contribution in [0.25, 0.3) is 5.69 Å². The molecule has 2 aromatic heterocycles. The fraction of sp³-hybridized carbons (Fsp3) is 0.444. The fourth-order valence-electron chi connectivity index (χ4n) is 1.33. The van der Waals surface area contributed by atoms with Crippen molar-refractivity contribution in [3.05, 3.63) is 24.3 Å². The van der Waals surface area contributed by atoms with E-state index in [0.717, 1.165) is 17.8 Å². The number of aliphatic hydroxyl groups excluding tert-OH is 1. The topological polar surface area (TPSA) is 68.8 Å². The van der Waals surface area contributed by atoms with Gasteiger partial charge >= 0.3 is 0 Å². The van der Waals surface area contributed by atoms with Gasteiger partial charge in [0.1, 0.15) is 5.69 Å². The molecule has 80 valence electrons. The summed E-state index contributed by atoms with van der Waals surface area (Å²) in [5.41, 5.74) is 1.77. The molecular formula is C9H13N5O. The number of rotatable bonds is 4. The van der Waals surface area contributed by atoms with Crippen LogP contribution < -0.4 is 0 Å². The monoisotopic (exact) mass is 207 g/mol. The number of aryl methyl sites for hydroxylation is 2. The third kappa shape index (κ3) is 2.21. The second-order valence-electron chi connectivity index (χ2n) is 3.35. The quantitative estimate of drug-likeness (QED) is 0.761. The first-order valence-corrected chi connectivity index (χ1v) is 4.80. The van der Waals surface area contributed by atoms with Gasteiger partial charge in [0.15, 0.2) is 0 Å². The van der Waals surface area contributed by atoms with E-state index >= 15 is 0 Å². The minimum absolute atomic E-state index is 0.180. The Hall–Kier alpha value is -1.69. The van der Waals surface area contributed by atoms with Crippen molar-refractivity contribution < 1.29 is 5.11 Å². The predicted molar refractivity (Wildman–Crippen MR) is 53.5 cm³/mol. The molecule has 0 fully saturated rings. The molecule has 0 unspecified atom stereocenters. The second kappa shape index (κ2) is 4.22. The van der Waals surface area contributed by atoms with Crippen LogP contribution >= 0.6 is 0 Å². The minimum atomic E-state index is 0.180. The normalized spacial score (nSPS) is 10.8. The molecule has 0 spiro atoms. The minimum Gasteiger partial charge on any atom is -0.396 e. The first-order chi connectivity index (χ1) is 7.29. The van der Waals surface area contributed by atoms with Crippen LogP contribution in [0.15, 0.2) is 18.6 Å². The third-order valence-corrected chi connectivity index (χ3v) is 2.09. The molecule has 0 bridgehead atoms. The molecule has 0 aliphatic rings. The van der Waals surface area contributed by atoms with Gasteiger partial charge in [-0.25, -0.2) is 4.68 Å². The number of hydrogen-bond donors (Lipinski definition) is 1. The fourth-order valence-corrected chi connectivity index (χ4v) is 1.33. The Bertz CT molecular complexity index is 433. The van der Waals surface area contributed by atoms with Gasteiger partial charge in [0.2, 0.25) is 0 Å². The molecule has 1 N–H and O–H groups in total. The summed E-state index contributed by atoms with van der Waals surface area (Å²) >= 11 is 0. The summed E-state index contributed by atoms with van der Waals surface area (Å²) in [5, 5.41) is 20.7. The molecule has 2 aromatic rings. The highest BCUT2D eigenvalue weighted by atomic mass is 16.2. The van der Waals surface area contributed by atoms with Gasteiger partial charge in [-0.3, -0.25) is 4.68 Å². The zero-order chi connectivity index (χ0) is 10.7. The molecule has 0 aliphatic carbocycles. The van der Waals surface area contributed by atoms with E-state index in [1.165, 1.54) is 0 Å². The SMILES string of the molecule is Cn1cc(-n2cc(CCCO)nn2)cn1. The van der Waals surface area contributed by atoms with E-state index in [9.17, 15) is 0 Å². The summed E-state index contributed by atoms with van der Waals surface area (Å²) in [5.74, 6) is 0. The van der Waals surface area contributed by atoms with E-state index in [0.29, 0.717) is 6.42 Å². The summed E-state index contributed by atoms with van der Waals surface area (Å²) in [6.45, 7) is 0.180. The molecule has 0 aromatic carbocycles. The van der Waals surface area contributed by atoms with Crippen molar-refractivity contribution in [3.8, 4) is 5.69 Å². The van der Waals surface area contributed by atoms with E-state index in [1.54, 1.807) is 15.6 Å². The van der Waals surface area contributed by atoms with E-state index in [2.05, 4.69) is 15.4 Å². The van der Waals surface area contributed by atoms with Crippen molar-refractivity contribution in [2.24, 2.45) is 7.05 Å². The van der Waals surface area contributed by atoms with Crippen LogP contribution in [0.4, 0.5) is 0 Å². The largest absolute Gasteiger partial charge is 0.396 e. The number of aliphatic hydroxyl groups is 1. The first kappa shape index (κ1) is 9.85. The van der Waals surface area contributed by atoms with E-state index < -0.39 is 0 Å². The lowest BCUT2D eigenvalue weighted by Gasteiger charge is -1.92. The Balaban J connectivity index is 2.13. The van der Waals surface area contributed by atoms with Gasteiger partial charge in [0.05, 0.1) is 24.3 Å². The van der Waals surface area contributed by atoms with Crippen LogP contribution in [0.3, 0.4) is 0 Å². The Morgan fingerprint density at radius 1 is 1.40 bits per heavy atom. The Labute approximate surface area is 87.1 Å². The Morgan fingerprint density at radius 3 is 2.93 bits per heavy atom. The maximum Gasteiger partial charge on any atom is 0.104 e. The van der Waals surface area contributed by atoms with Crippen molar-refractivity contribution >= 4 is 0 Å². The van der Waals surface area contributed by atoms with Gasteiger partial charge in [-0.15, -0.1) is 5.10 Å². The van der Waals surface area contributed by atoms with Crippen LogP contribution in [0.5, 0.6) is 0 Å². The zero-order valence-electron chi connectivity index (χ0n) is 8.54. The lowest BCUT2D eigenvalue weighted by molar-refractivity contribution is 0.288. The average molecular weight is 207 g/mol.